The van der Waals surface area contributed by atoms with E-state index in [9.17, 15) is 9.59 Å². The first-order chi connectivity index (χ1) is 13.3. The standard InChI is InChI=1S/C18H26N6O4/c1-18(2,3)28-17(26)23-9-6-5-7-12(23)15(25)20-11-13-21-22-14-16(27-4)19-8-10-24(13)14/h8,10,12H,5-7,9,11H2,1-4H3,(H,20,25)/t12-/m0/s1. The normalized spacial score (nSPS) is 17.4. The lowest BCUT2D eigenvalue weighted by atomic mass is 10.0. The number of hydrogen-bond donors (Lipinski definition) is 1. The molecule has 1 saturated heterocycles. The highest BCUT2D eigenvalue weighted by atomic mass is 16.6. The lowest BCUT2D eigenvalue weighted by Gasteiger charge is -2.35. The summed E-state index contributed by atoms with van der Waals surface area (Å²) in [5, 5.41) is 11.0. The van der Waals surface area contributed by atoms with E-state index in [4.69, 9.17) is 9.47 Å². The van der Waals surface area contributed by atoms with Gasteiger partial charge in [0.15, 0.2) is 5.82 Å². The lowest BCUT2D eigenvalue weighted by Crippen LogP contribution is -2.53. The van der Waals surface area contributed by atoms with Gasteiger partial charge >= 0.3 is 6.09 Å². The molecule has 0 spiro atoms. The molecule has 2 aromatic heterocycles. The van der Waals surface area contributed by atoms with Crippen LogP contribution in [0.15, 0.2) is 12.4 Å². The van der Waals surface area contributed by atoms with Crippen molar-refractivity contribution in [2.45, 2.75) is 58.2 Å². The molecule has 1 aliphatic rings. The molecule has 1 fully saturated rings. The Balaban J connectivity index is 1.69. The van der Waals surface area contributed by atoms with E-state index in [0.717, 1.165) is 12.8 Å². The average molecular weight is 390 g/mol. The molecule has 10 nitrogen and oxygen atoms in total. The second-order valence-corrected chi connectivity index (χ2v) is 7.65. The van der Waals surface area contributed by atoms with Gasteiger partial charge in [0.2, 0.25) is 11.6 Å². The van der Waals surface area contributed by atoms with Crippen LogP contribution >= 0.6 is 0 Å². The first kappa shape index (κ1) is 19.8. The fourth-order valence-corrected chi connectivity index (χ4v) is 3.14. The summed E-state index contributed by atoms with van der Waals surface area (Å²) in [6, 6.07) is -0.556. The van der Waals surface area contributed by atoms with Gasteiger partial charge in [0.1, 0.15) is 11.6 Å². The van der Waals surface area contributed by atoms with Gasteiger partial charge < -0.3 is 14.8 Å². The summed E-state index contributed by atoms with van der Waals surface area (Å²) >= 11 is 0. The molecule has 1 aliphatic heterocycles. The second kappa shape index (κ2) is 7.99. The minimum absolute atomic E-state index is 0.172. The first-order valence-corrected chi connectivity index (χ1v) is 9.30. The predicted molar refractivity (Wildman–Crippen MR) is 99.8 cm³/mol. The van der Waals surface area contributed by atoms with Crippen molar-refractivity contribution in [2.75, 3.05) is 13.7 Å². The fourth-order valence-electron chi connectivity index (χ4n) is 3.14. The molecule has 3 rings (SSSR count). The maximum Gasteiger partial charge on any atom is 0.410 e. The van der Waals surface area contributed by atoms with E-state index >= 15 is 0 Å². The summed E-state index contributed by atoms with van der Waals surface area (Å²) in [5.41, 5.74) is -0.134. The highest BCUT2D eigenvalue weighted by Crippen LogP contribution is 2.21. The van der Waals surface area contributed by atoms with Crippen LogP contribution in [0.3, 0.4) is 0 Å². The van der Waals surface area contributed by atoms with Gasteiger partial charge in [-0.2, -0.15) is 0 Å². The van der Waals surface area contributed by atoms with Crippen molar-refractivity contribution >= 4 is 17.6 Å². The number of piperidine rings is 1. The molecule has 0 unspecified atom stereocenters. The third kappa shape index (κ3) is 4.32. The van der Waals surface area contributed by atoms with Gasteiger partial charge in [-0.15, -0.1) is 10.2 Å². The number of aromatic nitrogens is 4. The third-order valence-electron chi connectivity index (χ3n) is 4.41. The van der Waals surface area contributed by atoms with Crippen molar-refractivity contribution in [3.8, 4) is 5.88 Å². The van der Waals surface area contributed by atoms with Crippen molar-refractivity contribution in [2.24, 2.45) is 0 Å². The molecule has 2 aromatic rings. The number of ether oxygens (including phenoxy) is 2. The third-order valence-corrected chi connectivity index (χ3v) is 4.41. The summed E-state index contributed by atoms with van der Waals surface area (Å²) in [4.78, 5) is 30.8. The molecule has 0 radical (unpaired) electrons. The van der Waals surface area contributed by atoms with Crippen molar-refractivity contribution in [3.63, 3.8) is 0 Å². The number of nitrogens with zero attached hydrogens (tertiary/aromatic N) is 5. The van der Waals surface area contributed by atoms with Gasteiger partial charge in [-0.05, 0) is 40.0 Å². The quantitative estimate of drug-likeness (QED) is 0.843. The molecule has 0 aromatic carbocycles. The van der Waals surface area contributed by atoms with Crippen LogP contribution < -0.4 is 10.1 Å². The molecule has 28 heavy (non-hydrogen) atoms. The Bertz CT molecular complexity index is 859. The topological polar surface area (TPSA) is 111 Å². The van der Waals surface area contributed by atoms with Gasteiger partial charge in [0.05, 0.1) is 13.7 Å². The predicted octanol–water partition coefficient (Wildman–Crippen LogP) is 1.54. The van der Waals surface area contributed by atoms with Gasteiger partial charge in [0, 0.05) is 18.9 Å². The Labute approximate surface area is 163 Å². The van der Waals surface area contributed by atoms with Crippen LogP contribution in [0.4, 0.5) is 4.79 Å². The molecule has 1 N–H and O–H groups in total. The van der Waals surface area contributed by atoms with E-state index in [2.05, 4.69) is 20.5 Å². The molecule has 1 atom stereocenters. The van der Waals surface area contributed by atoms with Crippen molar-refractivity contribution in [1.29, 1.82) is 0 Å². The SMILES string of the molecule is COc1nccn2c(CNC(=O)[C@@H]3CCCCN3C(=O)OC(C)(C)C)nnc12. The van der Waals surface area contributed by atoms with Crippen molar-refractivity contribution < 1.29 is 19.1 Å². The monoisotopic (exact) mass is 390 g/mol. The lowest BCUT2D eigenvalue weighted by molar-refractivity contribution is -0.127. The van der Waals surface area contributed by atoms with Crippen LogP contribution in [-0.2, 0) is 16.1 Å². The minimum Gasteiger partial charge on any atom is -0.478 e. The molecular weight excluding hydrogens is 364 g/mol. The Morgan fingerprint density at radius 2 is 2.07 bits per heavy atom. The number of nitrogens with one attached hydrogen (secondary N) is 1. The van der Waals surface area contributed by atoms with E-state index in [1.165, 1.54) is 12.0 Å². The molecule has 0 bridgehead atoms. The zero-order chi connectivity index (χ0) is 20.3. The molecule has 2 amide bonds. The average Bonchev–Trinajstić information content (AvgIpc) is 3.08. The fraction of sp³-hybridized carbons (Fsp3) is 0.611. The smallest absolute Gasteiger partial charge is 0.410 e. The molecule has 10 heteroatoms. The van der Waals surface area contributed by atoms with Crippen LogP contribution in [0.1, 0.15) is 45.9 Å². The number of carbonyl (C=O) groups excluding carboxylic acids is 2. The van der Waals surface area contributed by atoms with Crippen molar-refractivity contribution in [1.82, 2.24) is 29.8 Å². The van der Waals surface area contributed by atoms with Crippen molar-refractivity contribution in [3.05, 3.63) is 18.2 Å². The van der Waals surface area contributed by atoms with Crippen LogP contribution in [0.25, 0.3) is 5.65 Å². The number of carbonyl (C=O) groups is 2. The number of hydrogen-bond acceptors (Lipinski definition) is 7. The van der Waals surface area contributed by atoms with E-state index in [1.54, 1.807) is 16.8 Å². The number of fused-ring (bicyclic) bond motifs is 1. The number of methoxy groups -OCH3 is 1. The maximum absolute atomic E-state index is 12.8. The van der Waals surface area contributed by atoms with E-state index < -0.39 is 17.7 Å². The Morgan fingerprint density at radius 1 is 1.29 bits per heavy atom. The van der Waals surface area contributed by atoms with Crippen LogP contribution in [0.5, 0.6) is 5.88 Å². The Morgan fingerprint density at radius 3 is 2.79 bits per heavy atom. The summed E-state index contributed by atoms with van der Waals surface area (Å²) in [6.07, 6.45) is 5.15. The molecule has 0 saturated carbocycles. The summed E-state index contributed by atoms with van der Waals surface area (Å²) in [6.45, 7) is 6.10. The van der Waals surface area contributed by atoms with E-state index in [1.807, 2.05) is 20.8 Å². The second-order valence-electron chi connectivity index (χ2n) is 7.65. The highest BCUT2D eigenvalue weighted by molar-refractivity contribution is 5.85. The number of rotatable bonds is 4. The van der Waals surface area contributed by atoms with Gasteiger partial charge in [-0.25, -0.2) is 9.78 Å². The molecule has 0 aliphatic carbocycles. The van der Waals surface area contributed by atoms with Gasteiger partial charge in [0.25, 0.3) is 5.88 Å². The largest absolute Gasteiger partial charge is 0.478 e. The first-order valence-electron chi connectivity index (χ1n) is 9.30. The Kier molecular flexibility index (Phi) is 5.66. The highest BCUT2D eigenvalue weighted by Gasteiger charge is 2.34. The maximum atomic E-state index is 12.8. The van der Waals surface area contributed by atoms with Crippen LogP contribution in [0, 0.1) is 0 Å². The van der Waals surface area contributed by atoms with Gasteiger partial charge in [-0.1, -0.05) is 0 Å². The molecular formula is C18H26N6O4. The number of likely N-dealkylation sites (tertiary alicyclic amines) is 1. The number of amides is 2. The van der Waals surface area contributed by atoms with E-state index in [0.29, 0.717) is 30.3 Å². The molecule has 3 heterocycles. The minimum atomic E-state index is -0.608. The van der Waals surface area contributed by atoms with Crippen LogP contribution in [-0.4, -0.2) is 61.8 Å². The summed E-state index contributed by atoms with van der Waals surface area (Å²) < 4.78 is 12.3. The van der Waals surface area contributed by atoms with E-state index in [-0.39, 0.29) is 12.5 Å². The summed E-state index contributed by atoms with van der Waals surface area (Å²) in [5.74, 6) is 0.669. The Hall–Kier alpha value is -2.91. The zero-order valence-corrected chi connectivity index (χ0v) is 16.6. The summed E-state index contributed by atoms with van der Waals surface area (Å²) in [7, 11) is 1.51. The van der Waals surface area contributed by atoms with Crippen LogP contribution in [0.2, 0.25) is 0 Å². The molecule has 152 valence electrons. The zero-order valence-electron chi connectivity index (χ0n) is 16.6. The van der Waals surface area contributed by atoms with Gasteiger partial charge in [-0.3, -0.25) is 14.1 Å².